The van der Waals surface area contributed by atoms with E-state index >= 15 is 0 Å². The Morgan fingerprint density at radius 1 is 1.20 bits per heavy atom. The van der Waals surface area contributed by atoms with Gasteiger partial charge in [-0.3, -0.25) is 9.58 Å². The Balaban J connectivity index is 1.33. The number of H-pyrrole nitrogens is 1. The van der Waals surface area contributed by atoms with Crippen LogP contribution in [0.4, 0.5) is 8.78 Å². The highest BCUT2D eigenvalue weighted by Gasteiger charge is 2.41. The van der Waals surface area contributed by atoms with Crippen molar-refractivity contribution in [1.29, 1.82) is 0 Å². The maximum Gasteiger partial charge on any atom is 0.213 e. The maximum absolute atomic E-state index is 14.3. The molecule has 1 aromatic carbocycles. The summed E-state index contributed by atoms with van der Waals surface area (Å²) in [4.78, 5) is 7.08. The van der Waals surface area contributed by atoms with E-state index in [1.54, 1.807) is 0 Å². The van der Waals surface area contributed by atoms with Crippen LogP contribution in [0.3, 0.4) is 0 Å². The first-order chi connectivity index (χ1) is 14.3. The molecule has 30 heavy (non-hydrogen) atoms. The molecule has 8 nitrogen and oxygen atoms in total. The molecule has 160 valence electrons. The fraction of sp³-hybridized carbons (Fsp3) is 0.500. The van der Waals surface area contributed by atoms with E-state index in [0.717, 1.165) is 41.7 Å². The van der Waals surface area contributed by atoms with E-state index in [4.69, 9.17) is 15.5 Å². The van der Waals surface area contributed by atoms with Crippen LogP contribution in [0.5, 0.6) is 0 Å². The number of nitrogens with zero attached hydrogens (tertiary/aromatic N) is 5. The van der Waals surface area contributed by atoms with Gasteiger partial charge in [-0.05, 0) is 31.5 Å². The van der Waals surface area contributed by atoms with Gasteiger partial charge in [0.2, 0.25) is 5.82 Å². The number of fused-ring (bicyclic) bond motifs is 1. The van der Waals surface area contributed by atoms with Gasteiger partial charge in [-0.15, -0.1) is 5.10 Å². The SMILES string of the molecule is CC1O[C@H](c2cc(F)ccc2F)[C@@H](N)C[C@H]1N1Cc2nc(-c3n[nH]n3C)n(C)c2C1. The molecule has 4 heterocycles. The highest BCUT2D eigenvalue weighted by molar-refractivity contribution is 5.47. The van der Waals surface area contributed by atoms with E-state index in [0.29, 0.717) is 13.0 Å². The fourth-order valence-corrected chi connectivity index (χ4v) is 4.69. The van der Waals surface area contributed by atoms with Crippen LogP contribution in [0, 0.1) is 11.6 Å². The molecule has 0 radical (unpaired) electrons. The van der Waals surface area contributed by atoms with Crippen molar-refractivity contribution in [2.75, 3.05) is 0 Å². The zero-order valence-electron chi connectivity index (χ0n) is 17.1. The Bertz CT molecular complexity index is 1090. The number of aryl methyl sites for hydroxylation is 1. The number of hydrogen-bond acceptors (Lipinski definition) is 5. The number of nitrogens with one attached hydrogen (secondary N) is 1. The summed E-state index contributed by atoms with van der Waals surface area (Å²) in [7, 11) is 3.89. The lowest BCUT2D eigenvalue weighted by atomic mass is 9.90. The molecule has 0 amide bonds. The van der Waals surface area contributed by atoms with Crippen LogP contribution in [-0.2, 0) is 31.9 Å². The van der Waals surface area contributed by atoms with E-state index in [-0.39, 0.29) is 17.7 Å². The summed E-state index contributed by atoms with van der Waals surface area (Å²) in [6.45, 7) is 3.39. The molecule has 0 bridgehead atoms. The normalized spacial score (nSPS) is 27.0. The third kappa shape index (κ3) is 2.98. The first-order valence-corrected chi connectivity index (χ1v) is 10.1. The van der Waals surface area contributed by atoms with Gasteiger partial charge in [0.05, 0.1) is 17.5 Å². The quantitative estimate of drug-likeness (QED) is 0.680. The number of rotatable bonds is 3. The molecular formula is C20H25F2N7O. The molecule has 10 heteroatoms. The summed E-state index contributed by atoms with van der Waals surface area (Å²) in [5.74, 6) is 0.666. The van der Waals surface area contributed by atoms with Crippen molar-refractivity contribution >= 4 is 0 Å². The predicted octanol–water partition coefficient (Wildman–Crippen LogP) is 1.99. The Morgan fingerprint density at radius 3 is 2.67 bits per heavy atom. The minimum Gasteiger partial charge on any atom is -0.367 e. The molecule has 1 saturated heterocycles. The summed E-state index contributed by atoms with van der Waals surface area (Å²) in [6.07, 6.45) is -0.221. The van der Waals surface area contributed by atoms with Crippen LogP contribution in [0.1, 0.15) is 36.4 Å². The Kier molecular flexibility index (Phi) is 4.53. The monoisotopic (exact) mass is 417 g/mol. The van der Waals surface area contributed by atoms with E-state index < -0.39 is 23.8 Å². The van der Waals surface area contributed by atoms with Crippen LogP contribution in [0.25, 0.3) is 11.6 Å². The third-order valence-corrected chi connectivity index (χ3v) is 6.37. The number of aromatic nitrogens is 5. The third-order valence-electron chi connectivity index (χ3n) is 6.37. The average Bonchev–Trinajstić information content (AvgIpc) is 3.24. The van der Waals surface area contributed by atoms with E-state index in [2.05, 4.69) is 19.8 Å². The van der Waals surface area contributed by atoms with Crippen molar-refractivity contribution in [3.63, 3.8) is 0 Å². The number of nitrogens with two attached hydrogens (primary N) is 1. The van der Waals surface area contributed by atoms with Crippen LogP contribution >= 0.6 is 0 Å². The van der Waals surface area contributed by atoms with E-state index in [1.807, 2.05) is 25.7 Å². The van der Waals surface area contributed by atoms with Gasteiger partial charge in [-0.1, -0.05) is 0 Å². The van der Waals surface area contributed by atoms with Crippen molar-refractivity contribution in [1.82, 2.24) is 29.4 Å². The lowest BCUT2D eigenvalue weighted by molar-refractivity contribution is -0.104. The molecule has 1 unspecified atom stereocenters. The number of aromatic amines is 1. The standard InChI is InChI=1S/C20H25F2N7O/c1-10-16(7-14(23)18(30-10)12-6-11(21)4-5-13(12)22)29-8-15-17(9-29)27(2)19(24-15)20-25-26-28(20)3/h4-6,10,14,16,18,26H,7-9,23H2,1-3H3/t10?,14-,16+,18+/m0/s1. The largest absolute Gasteiger partial charge is 0.367 e. The number of ether oxygens (including phenoxy) is 1. The average molecular weight is 417 g/mol. The summed E-state index contributed by atoms with van der Waals surface area (Å²) in [6, 6.07) is 3.04. The van der Waals surface area contributed by atoms with Crippen LogP contribution < -0.4 is 5.73 Å². The summed E-state index contributed by atoms with van der Waals surface area (Å²) < 4.78 is 37.9. The van der Waals surface area contributed by atoms with Gasteiger partial charge in [0.25, 0.3) is 0 Å². The van der Waals surface area contributed by atoms with Crippen molar-refractivity contribution in [2.24, 2.45) is 19.8 Å². The van der Waals surface area contributed by atoms with Crippen LogP contribution in [0.15, 0.2) is 18.2 Å². The molecule has 0 aliphatic carbocycles. The van der Waals surface area contributed by atoms with Crippen molar-refractivity contribution in [2.45, 2.75) is 50.7 Å². The van der Waals surface area contributed by atoms with Gasteiger partial charge < -0.3 is 15.0 Å². The van der Waals surface area contributed by atoms with Crippen LogP contribution in [-0.4, -0.2) is 47.6 Å². The number of benzene rings is 1. The van der Waals surface area contributed by atoms with Crippen molar-refractivity contribution in [3.8, 4) is 11.6 Å². The molecule has 2 aliphatic rings. The summed E-state index contributed by atoms with van der Waals surface area (Å²) >= 11 is 0. The molecule has 5 rings (SSSR count). The molecule has 3 aromatic rings. The second kappa shape index (κ2) is 7.00. The first kappa shape index (κ1) is 19.4. The number of hydrogen-bond donors (Lipinski definition) is 2. The molecule has 4 atom stereocenters. The zero-order valence-corrected chi connectivity index (χ0v) is 17.1. The van der Waals surface area contributed by atoms with Gasteiger partial charge in [-0.2, -0.15) is 0 Å². The maximum atomic E-state index is 14.3. The fourth-order valence-electron chi connectivity index (χ4n) is 4.69. The van der Waals surface area contributed by atoms with E-state index in [1.165, 1.54) is 6.07 Å². The predicted molar refractivity (Wildman–Crippen MR) is 105 cm³/mol. The molecule has 1 fully saturated rings. The second-order valence-corrected chi connectivity index (χ2v) is 8.28. The Morgan fingerprint density at radius 2 is 2.00 bits per heavy atom. The van der Waals surface area contributed by atoms with Crippen molar-refractivity contribution in [3.05, 3.63) is 46.8 Å². The molecule has 2 aliphatic heterocycles. The van der Waals surface area contributed by atoms with Gasteiger partial charge >= 0.3 is 0 Å². The first-order valence-electron chi connectivity index (χ1n) is 10.1. The number of imidazole rings is 1. The van der Waals surface area contributed by atoms with Crippen LogP contribution in [0.2, 0.25) is 0 Å². The number of halogens is 2. The molecular weight excluding hydrogens is 392 g/mol. The topological polar surface area (TPSA) is 89.9 Å². The highest BCUT2D eigenvalue weighted by atomic mass is 19.1. The smallest absolute Gasteiger partial charge is 0.213 e. The zero-order chi connectivity index (χ0) is 21.2. The molecule has 3 N–H and O–H groups in total. The van der Waals surface area contributed by atoms with Crippen molar-refractivity contribution < 1.29 is 13.5 Å². The molecule has 0 spiro atoms. The Hall–Kier alpha value is -2.56. The van der Waals surface area contributed by atoms with Gasteiger partial charge in [0.15, 0.2) is 5.82 Å². The molecule has 2 aromatic heterocycles. The minimum atomic E-state index is -0.665. The minimum absolute atomic E-state index is 0.0657. The van der Waals surface area contributed by atoms with Gasteiger partial charge in [-0.25, -0.2) is 19.0 Å². The van der Waals surface area contributed by atoms with Gasteiger partial charge in [0, 0.05) is 44.8 Å². The summed E-state index contributed by atoms with van der Waals surface area (Å²) in [5, 5.41) is 7.00. The Labute approximate surface area is 172 Å². The van der Waals surface area contributed by atoms with E-state index in [9.17, 15) is 8.78 Å². The van der Waals surface area contributed by atoms with Gasteiger partial charge in [0.1, 0.15) is 17.7 Å². The second-order valence-electron chi connectivity index (χ2n) is 8.28. The summed E-state index contributed by atoms with van der Waals surface area (Å²) in [5.41, 5.74) is 8.73. The molecule has 0 saturated carbocycles. The lowest BCUT2D eigenvalue weighted by Crippen LogP contribution is -2.52. The lowest BCUT2D eigenvalue weighted by Gasteiger charge is -2.43. The highest BCUT2D eigenvalue weighted by Crippen LogP contribution is 2.37.